The Hall–Kier alpha value is -1.80. The summed E-state index contributed by atoms with van der Waals surface area (Å²) in [6.45, 7) is 0. The van der Waals surface area contributed by atoms with Crippen LogP contribution < -0.4 is 0 Å². The molecule has 0 spiro atoms. The summed E-state index contributed by atoms with van der Waals surface area (Å²) in [6.07, 6.45) is 7.01. The Bertz CT molecular complexity index is 683. The first-order valence-corrected chi connectivity index (χ1v) is 8.47. The Kier molecular flexibility index (Phi) is 4.26. The number of thioether (sulfide) groups is 1. The van der Waals surface area contributed by atoms with Crippen LogP contribution in [0, 0.1) is 0 Å². The van der Waals surface area contributed by atoms with Gasteiger partial charge in [-0.3, -0.25) is 4.79 Å². The topological polar surface area (TPSA) is 17.1 Å². The second kappa shape index (κ2) is 6.31. The SMILES string of the molecule is CSc1ccc(C=C2CCCc3ccccc3C2=O)cc1. The molecule has 0 heterocycles. The smallest absolute Gasteiger partial charge is 0.189 e. The molecule has 0 aliphatic heterocycles. The maximum atomic E-state index is 12.7. The van der Waals surface area contributed by atoms with E-state index in [4.69, 9.17) is 0 Å². The third-order valence-corrected chi connectivity index (χ3v) is 4.65. The normalized spacial score (nSPS) is 16.6. The Balaban J connectivity index is 1.94. The van der Waals surface area contributed by atoms with Gasteiger partial charge in [0, 0.05) is 16.0 Å². The second-order valence-electron chi connectivity index (χ2n) is 5.28. The Morgan fingerprint density at radius 2 is 1.76 bits per heavy atom. The molecule has 0 aromatic heterocycles. The number of carbonyl (C=O) groups excluding carboxylic acids is 1. The van der Waals surface area contributed by atoms with Crippen molar-refractivity contribution in [3.63, 3.8) is 0 Å². The average Bonchev–Trinajstić information content (AvgIpc) is 2.69. The first-order chi connectivity index (χ1) is 10.3. The monoisotopic (exact) mass is 294 g/mol. The third kappa shape index (κ3) is 3.11. The van der Waals surface area contributed by atoms with Gasteiger partial charge in [0.2, 0.25) is 0 Å². The fraction of sp³-hybridized carbons (Fsp3) is 0.211. The fourth-order valence-corrected chi connectivity index (χ4v) is 3.16. The molecule has 0 unspecified atom stereocenters. The zero-order chi connectivity index (χ0) is 14.7. The Labute approximate surface area is 130 Å². The van der Waals surface area contributed by atoms with Gasteiger partial charge in [-0.25, -0.2) is 0 Å². The van der Waals surface area contributed by atoms with Crippen molar-refractivity contribution in [1.82, 2.24) is 0 Å². The predicted molar refractivity (Wildman–Crippen MR) is 89.9 cm³/mol. The molecule has 1 aliphatic rings. The summed E-state index contributed by atoms with van der Waals surface area (Å²) < 4.78 is 0. The summed E-state index contributed by atoms with van der Waals surface area (Å²) >= 11 is 1.73. The standard InChI is InChI=1S/C19H18OS/c1-21-17-11-9-14(10-12-17)13-16-7-4-6-15-5-2-3-8-18(15)19(16)20/h2-3,5,8-13H,4,6-7H2,1H3. The highest BCUT2D eigenvalue weighted by molar-refractivity contribution is 7.98. The molecule has 0 saturated carbocycles. The lowest BCUT2D eigenvalue weighted by Crippen LogP contribution is -2.03. The van der Waals surface area contributed by atoms with Crippen LogP contribution in [0.5, 0.6) is 0 Å². The maximum Gasteiger partial charge on any atom is 0.189 e. The van der Waals surface area contributed by atoms with Gasteiger partial charge in [-0.05, 0) is 54.9 Å². The van der Waals surface area contributed by atoms with Gasteiger partial charge >= 0.3 is 0 Å². The number of benzene rings is 2. The highest BCUT2D eigenvalue weighted by atomic mass is 32.2. The highest BCUT2D eigenvalue weighted by Gasteiger charge is 2.19. The first-order valence-electron chi connectivity index (χ1n) is 7.25. The molecule has 0 amide bonds. The fourth-order valence-electron chi connectivity index (χ4n) is 2.75. The van der Waals surface area contributed by atoms with Gasteiger partial charge in [0.15, 0.2) is 5.78 Å². The summed E-state index contributed by atoms with van der Waals surface area (Å²) in [5.41, 5.74) is 4.10. The number of ketones is 1. The molecule has 0 radical (unpaired) electrons. The molecule has 2 aromatic carbocycles. The number of fused-ring (bicyclic) bond motifs is 1. The van der Waals surface area contributed by atoms with Crippen LogP contribution in [0.25, 0.3) is 6.08 Å². The van der Waals surface area contributed by atoms with Crippen LogP contribution in [0.3, 0.4) is 0 Å². The van der Waals surface area contributed by atoms with Gasteiger partial charge in [0.05, 0.1) is 0 Å². The minimum atomic E-state index is 0.192. The maximum absolute atomic E-state index is 12.7. The lowest BCUT2D eigenvalue weighted by atomic mass is 9.98. The number of rotatable bonds is 2. The molecular formula is C19H18OS. The largest absolute Gasteiger partial charge is 0.289 e. The Morgan fingerprint density at radius 1 is 1.00 bits per heavy atom. The molecule has 1 aliphatic carbocycles. The van der Waals surface area contributed by atoms with Crippen molar-refractivity contribution in [1.29, 1.82) is 0 Å². The van der Waals surface area contributed by atoms with Gasteiger partial charge in [-0.15, -0.1) is 11.8 Å². The van der Waals surface area contributed by atoms with Crippen molar-refractivity contribution in [3.05, 3.63) is 70.8 Å². The van der Waals surface area contributed by atoms with Gasteiger partial charge in [0.25, 0.3) is 0 Å². The van der Waals surface area contributed by atoms with E-state index >= 15 is 0 Å². The Morgan fingerprint density at radius 3 is 2.52 bits per heavy atom. The number of hydrogen-bond acceptors (Lipinski definition) is 2. The molecule has 21 heavy (non-hydrogen) atoms. The van der Waals surface area contributed by atoms with E-state index in [2.05, 4.69) is 42.7 Å². The number of hydrogen-bond donors (Lipinski definition) is 0. The van der Waals surface area contributed by atoms with Crippen molar-refractivity contribution in [3.8, 4) is 0 Å². The van der Waals surface area contributed by atoms with E-state index in [9.17, 15) is 4.79 Å². The van der Waals surface area contributed by atoms with Crippen LogP contribution in [0.1, 0.15) is 34.3 Å². The van der Waals surface area contributed by atoms with Crippen molar-refractivity contribution < 1.29 is 4.79 Å². The van der Waals surface area contributed by atoms with E-state index in [-0.39, 0.29) is 5.78 Å². The van der Waals surface area contributed by atoms with Crippen LogP contribution in [-0.4, -0.2) is 12.0 Å². The lowest BCUT2D eigenvalue weighted by molar-refractivity contribution is 0.103. The lowest BCUT2D eigenvalue weighted by Gasteiger charge is -2.05. The van der Waals surface area contributed by atoms with Crippen molar-refractivity contribution >= 4 is 23.6 Å². The van der Waals surface area contributed by atoms with Gasteiger partial charge in [-0.2, -0.15) is 0 Å². The van der Waals surface area contributed by atoms with Gasteiger partial charge in [-0.1, -0.05) is 36.4 Å². The average molecular weight is 294 g/mol. The molecule has 2 aromatic rings. The van der Waals surface area contributed by atoms with E-state index < -0.39 is 0 Å². The van der Waals surface area contributed by atoms with Crippen LogP contribution in [0.2, 0.25) is 0 Å². The molecule has 3 rings (SSSR count). The summed E-state index contributed by atoms with van der Waals surface area (Å²) in [6, 6.07) is 16.4. The number of carbonyl (C=O) groups is 1. The summed E-state index contributed by atoms with van der Waals surface area (Å²) in [5, 5.41) is 0. The van der Waals surface area contributed by atoms with E-state index in [1.165, 1.54) is 10.5 Å². The quantitative estimate of drug-likeness (QED) is 0.440. The van der Waals surface area contributed by atoms with Gasteiger partial charge < -0.3 is 0 Å². The second-order valence-corrected chi connectivity index (χ2v) is 6.16. The third-order valence-electron chi connectivity index (χ3n) is 3.90. The summed E-state index contributed by atoms with van der Waals surface area (Å²) in [5.74, 6) is 0.192. The molecule has 2 heteroatoms. The minimum Gasteiger partial charge on any atom is -0.289 e. The van der Waals surface area contributed by atoms with Crippen LogP contribution in [0.15, 0.2) is 59.0 Å². The summed E-state index contributed by atoms with van der Waals surface area (Å²) in [4.78, 5) is 13.9. The van der Waals surface area contributed by atoms with Crippen LogP contribution >= 0.6 is 11.8 Å². The number of allylic oxidation sites excluding steroid dienone is 1. The number of aryl methyl sites for hydroxylation is 1. The van der Waals surface area contributed by atoms with E-state index in [0.717, 1.165) is 36.0 Å². The molecular weight excluding hydrogens is 276 g/mol. The van der Waals surface area contributed by atoms with Crippen LogP contribution in [0.4, 0.5) is 0 Å². The van der Waals surface area contributed by atoms with Crippen molar-refractivity contribution in [2.45, 2.75) is 24.2 Å². The molecule has 0 bridgehead atoms. The van der Waals surface area contributed by atoms with Crippen LogP contribution in [-0.2, 0) is 6.42 Å². The van der Waals surface area contributed by atoms with E-state index in [1.54, 1.807) is 11.8 Å². The van der Waals surface area contributed by atoms with Crippen molar-refractivity contribution in [2.24, 2.45) is 0 Å². The minimum absolute atomic E-state index is 0.192. The highest BCUT2D eigenvalue weighted by Crippen LogP contribution is 2.26. The zero-order valence-electron chi connectivity index (χ0n) is 12.1. The molecule has 0 saturated heterocycles. The van der Waals surface area contributed by atoms with E-state index in [1.807, 2.05) is 18.2 Å². The summed E-state index contributed by atoms with van der Waals surface area (Å²) in [7, 11) is 0. The van der Waals surface area contributed by atoms with E-state index in [0.29, 0.717) is 0 Å². The first kappa shape index (κ1) is 14.2. The van der Waals surface area contributed by atoms with Gasteiger partial charge in [0.1, 0.15) is 0 Å². The predicted octanol–water partition coefficient (Wildman–Crippen LogP) is 5.01. The number of Topliss-reactive ketones (excluding diaryl/α,β-unsaturated/α-hetero) is 1. The van der Waals surface area contributed by atoms with Crippen molar-refractivity contribution in [2.75, 3.05) is 6.26 Å². The molecule has 106 valence electrons. The molecule has 0 N–H and O–H groups in total. The molecule has 0 fully saturated rings. The molecule has 0 atom stereocenters. The molecule has 1 nitrogen and oxygen atoms in total. The zero-order valence-corrected chi connectivity index (χ0v) is 13.0.